The van der Waals surface area contributed by atoms with Gasteiger partial charge in [0.2, 0.25) is 5.91 Å². The topological polar surface area (TPSA) is 65.1 Å². The van der Waals surface area contributed by atoms with Crippen LogP contribution in [0.25, 0.3) is 10.9 Å². The fourth-order valence-corrected chi connectivity index (χ4v) is 3.23. The van der Waals surface area contributed by atoms with Gasteiger partial charge in [0, 0.05) is 28.7 Å². The Morgan fingerprint density at radius 1 is 1.43 bits per heavy atom. The van der Waals surface area contributed by atoms with Crippen molar-refractivity contribution < 1.29 is 9.90 Å². The molecule has 2 unspecified atom stereocenters. The van der Waals surface area contributed by atoms with E-state index in [2.05, 4.69) is 10.3 Å². The van der Waals surface area contributed by atoms with E-state index in [9.17, 15) is 9.90 Å². The maximum atomic E-state index is 12.0. The third kappa shape index (κ3) is 3.06. The number of fused-ring (bicyclic) bond motifs is 1. The van der Waals surface area contributed by atoms with Gasteiger partial charge in [0.15, 0.2) is 0 Å². The van der Waals surface area contributed by atoms with E-state index in [0.717, 1.165) is 42.1 Å². The maximum absolute atomic E-state index is 12.0. The number of aromatic amines is 1. The molecule has 1 aliphatic carbocycles. The van der Waals surface area contributed by atoms with Gasteiger partial charge in [-0.1, -0.05) is 11.6 Å². The lowest BCUT2D eigenvalue weighted by atomic mass is 10.1. The Labute approximate surface area is 128 Å². The van der Waals surface area contributed by atoms with E-state index in [1.165, 1.54) is 0 Å². The molecule has 1 heterocycles. The average molecular weight is 307 g/mol. The van der Waals surface area contributed by atoms with Crippen molar-refractivity contribution in [2.24, 2.45) is 5.92 Å². The Morgan fingerprint density at radius 3 is 3.05 bits per heavy atom. The van der Waals surface area contributed by atoms with Gasteiger partial charge in [-0.2, -0.15) is 0 Å². The summed E-state index contributed by atoms with van der Waals surface area (Å²) in [6.07, 6.45) is 4.68. The standard InChI is InChI=1S/C16H19ClN2O2/c17-11-4-5-14-13(8-11)10(9-19-14)6-7-18-16(21)12-2-1-3-15(12)20/h4-5,8-9,12,15,19-20H,1-3,6-7H2,(H,18,21). The molecule has 0 bridgehead atoms. The summed E-state index contributed by atoms with van der Waals surface area (Å²) >= 11 is 6.02. The lowest BCUT2D eigenvalue weighted by molar-refractivity contribution is -0.127. The van der Waals surface area contributed by atoms with Gasteiger partial charge in [0.05, 0.1) is 12.0 Å². The molecule has 1 amide bonds. The molecule has 0 saturated heterocycles. The molecule has 0 radical (unpaired) electrons. The number of aliphatic hydroxyl groups excluding tert-OH is 1. The summed E-state index contributed by atoms with van der Waals surface area (Å²) in [6, 6.07) is 5.74. The molecule has 3 N–H and O–H groups in total. The van der Waals surface area contributed by atoms with Gasteiger partial charge in [0.1, 0.15) is 0 Å². The number of hydrogen-bond donors (Lipinski definition) is 3. The molecule has 2 atom stereocenters. The number of halogens is 1. The number of H-pyrrole nitrogens is 1. The van der Waals surface area contributed by atoms with Crippen LogP contribution in [0.3, 0.4) is 0 Å². The summed E-state index contributed by atoms with van der Waals surface area (Å²) in [5, 5.41) is 14.5. The monoisotopic (exact) mass is 306 g/mol. The second kappa shape index (κ2) is 6.08. The number of benzene rings is 1. The van der Waals surface area contributed by atoms with Crippen LogP contribution in [0.1, 0.15) is 24.8 Å². The summed E-state index contributed by atoms with van der Waals surface area (Å²) in [4.78, 5) is 15.2. The molecule has 4 nitrogen and oxygen atoms in total. The van der Waals surface area contributed by atoms with E-state index in [0.29, 0.717) is 11.6 Å². The zero-order chi connectivity index (χ0) is 14.8. The van der Waals surface area contributed by atoms with Gasteiger partial charge >= 0.3 is 0 Å². The molecule has 1 saturated carbocycles. The zero-order valence-electron chi connectivity index (χ0n) is 11.7. The Morgan fingerprint density at radius 2 is 2.29 bits per heavy atom. The fraction of sp³-hybridized carbons (Fsp3) is 0.438. The first-order valence-electron chi connectivity index (χ1n) is 7.36. The summed E-state index contributed by atoms with van der Waals surface area (Å²) in [5.74, 6) is -0.264. The van der Waals surface area contributed by atoms with Gasteiger partial charge in [-0.25, -0.2) is 0 Å². The number of carbonyl (C=O) groups excluding carboxylic acids is 1. The average Bonchev–Trinajstić information content (AvgIpc) is 3.05. The highest BCUT2D eigenvalue weighted by molar-refractivity contribution is 6.31. The summed E-state index contributed by atoms with van der Waals surface area (Å²) in [6.45, 7) is 0.571. The minimum Gasteiger partial charge on any atom is -0.392 e. The first-order valence-corrected chi connectivity index (χ1v) is 7.74. The molecule has 1 fully saturated rings. The van der Waals surface area contributed by atoms with E-state index in [4.69, 9.17) is 11.6 Å². The molecule has 1 aliphatic rings. The second-order valence-corrected chi connectivity index (χ2v) is 6.09. The van der Waals surface area contributed by atoms with Crippen molar-refractivity contribution in [1.82, 2.24) is 10.3 Å². The number of amides is 1. The highest BCUT2D eigenvalue weighted by Crippen LogP contribution is 2.26. The van der Waals surface area contributed by atoms with Gasteiger partial charge in [-0.05, 0) is 49.4 Å². The Kier molecular flexibility index (Phi) is 4.17. The van der Waals surface area contributed by atoms with Crippen molar-refractivity contribution in [3.8, 4) is 0 Å². The normalized spacial score (nSPS) is 21.8. The van der Waals surface area contributed by atoms with Crippen LogP contribution >= 0.6 is 11.6 Å². The van der Waals surface area contributed by atoms with Gasteiger partial charge in [-0.3, -0.25) is 4.79 Å². The van der Waals surface area contributed by atoms with Gasteiger partial charge in [-0.15, -0.1) is 0 Å². The lowest BCUT2D eigenvalue weighted by Crippen LogP contribution is -2.35. The van der Waals surface area contributed by atoms with Crippen LogP contribution < -0.4 is 5.32 Å². The molecular weight excluding hydrogens is 288 g/mol. The van der Waals surface area contributed by atoms with Crippen molar-refractivity contribution in [2.75, 3.05) is 6.54 Å². The van der Waals surface area contributed by atoms with Crippen LogP contribution in [0, 0.1) is 5.92 Å². The number of rotatable bonds is 4. The van der Waals surface area contributed by atoms with Crippen molar-refractivity contribution in [2.45, 2.75) is 31.8 Å². The van der Waals surface area contributed by atoms with Crippen LogP contribution in [0.5, 0.6) is 0 Å². The van der Waals surface area contributed by atoms with E-state index in [1.807, 2.05) is 24.4 Å². The number of aromatic nitrogens is 1. The highest BCUT2D eigenvalue weighted by atomic mass is 35.5. The smallest absolute Gasteiger partial charge is 0.225 e. The summed E-state index contributed by atoms with van der Waals surface area (Å²) in [7, 11) is 0. The molecule has 0 aliphatic heterocycles. The van der Waals surface area contributed by atoms with E-state index < -0.39 is 6.10 Å². The van der Waals surface area contributed by atoms with Crippen LogP contribution in [-0.4, -0.2) is 28.6 Å². The van der Waals surface area contributed by atoms with Crippen LogP contribution in [0.15, 0.2) is 24.4 Å². The Bertz CT molecular complexity index is 653. The first-order chi connectivity index (χ1) is 10.1. The summed E-state index contributed by atoms with van der Waals surface area (Å²) < 4.78 is 0. The number of hydrogen-bond acceptors (Lipinski definition) is 2. The minimum absolute atomic E-state index is 0.0297. The predicted molar refractivity (Wildman–Crippen MR) is 83.4 cm³/mol. The molecule has 0 spiro atoms. The number of aliphatic hydroxyl groups is 1. The SMILES string of the molecule is O=C(NCCc1c[nH]c2ccc(Cl)cc12)C1CCCC1O. The largest absolute Gasteiger partial charge is 0.392 e. The maximum Gasteiger partial charge on any atom is 0.225 e. The number of carbonyl (C=O) groups is 1. The van der Waals surface area contributed by atoms with Gasteiger partial charge in [0.25, 0.3) is 0 Å². The third-order valence-electron chi connectivity index (χ3n) is 4.24. The van der Waals surface area contributed by atoms with E-state index in [-0.39, 0.29) is 11.8 Å². The molecule has 2 aromatic rings. The fourth-order valence-electron chi connectivity index (χ4n) is 3.06. The quantitative estimate of drug-likeness (QED) is 0.813. The Hall–Kier alpha value is -1.52. The van der Waals surface area contributed by atoms with Crippen LogP contribution in [0.2, 0.25) is 5.02 Å². The predicted octanol–water partition coefficient (Wildman–Crippen LogP) is 2.64. The Balaban J connectivity index is 1.59. The van der Waals surface area contributed by atoms with Crippen molar-refractivity contribution in [3.63, 3.8) is 0 Å². The minimum atomic E-state index is -0.475. The van der Waals surface area contributed by atoms with Crippen LogP contribution in [0.4, 0.5) is 0 Å². The molecular formula is C16H19ClN2O2. The first kappa shape index (κ1) is 14.4. The second-order valence-electron chi connectivity index (χ2n) is 5.65. The third-order valence-corrected chi connectivity index (χ3v) is 4.47. The van der Waals surface area contributed by atoms with E-state index in [1.54, 1.807) is 0 Å². The van der Waals surface area contributed by atoms with Crippen LogP contribution in [-0.2, 0) is 11.2 Å². The molecule has 112 valence electrons. The zero-order valence-corrected chi connectivity index (χ0v) is 12.5. The number of nitrogens with one attached hydrogen (secondary N) is 2. The molecule has 5 heteroatoms. The lowest BCUT2D eigenvalue weighted by Gasteiger charge is -2.14. The molecule has 3 rings (SSSR count). The molecule has 1 aromatic heterocycles. The van der Waals surface area contributed by atoms with Gasteiger partial charge < -0.3 is 15.4 Å². The van der Waals surface area contributed by atoms with Crippen molar-refractivity contribution >= 4 is 28.4 Å². The highest BCUT2D eigenvalue weighted by Gasteiger charge is 2.30. The van der Waals surface area contributed by atoms with E-state index >= 15 is 0 Å². The van der Waals surface area contributed by atoms with Crippen molar-refractivity contribution in [3.05, 3.63) is 35.0 Å². The summed E-state index contributed by atoms with van der Waals surface area (Å²) in [5.41, 5.74) is 2.19. The van der Waals surface area contributed by atoms with Crippen molar-refractivity contribution in [1.29, 1.82) is 0 Å². The molecule has 1 aromatic carbocycles. The molecule has 21 heavy (non-hydrogen) atoms.